The third kappa shape index (κ3) is 3.77. The first-order valence-electron chi connectivity index (χ1n) is 4.90. The quantitative estimate of drug-likeness (QED) is 0.771. The van der Waals surface area contributed by atoms with E-state index < -0.39 is 35.3 Å². The van der Waals surface area contributed by atoms with Gasteiger partial charge in [0, 0.05) is 0 Å². The minimum atomic E-state index is -4.68. The van der Waals surface area contributed by atoms with Gasteiger partial charge in [0.25, 0.3) is 0 Å². The van der Waals surface area contributed by atoms with Gasteiger partial charge in [-0.1, -0.05) is 0 Å². The molecule has 0 saturated carbocycles. The summed E-state index contributed by atoms with van der Waals surface area (Å²) >= 11 is 0. The topological polar surface area (TPSA) is 33.0 Å². The number of alkyl halides is 6. The van der Waals surface area contributed by atoms with Gasteiger partial charge in [-0.2, -0.15) is 31.6 Å². The number of hydrogen-bond acceptors (Lipinski definition) is 2. The zero-order valence-corrected chi connectivity index (χ0v) is 9.43. The lowest BCUT2D eigenvalue weighted by atomic mass is 10.1. The molecule has 19 heavy (non-hydrogen) atoms. The van der Waals surface area contributed by atoms with Gasteiger partial charge in [0.1, 0.15) is 11.8 Å². The molecule has 0 aromatic heterocycles. The molecule has 0 amide bonds. The Morgan fingerprint density at radius 2 is 1.74 bits per heavy atom. The SMILES string of the molecule is CC(Oc1ccc(C(F)(F)F)cc1C#N)C(F)(F)F. The maximum absolute atomic E-state index is 12.4. The Labute approximate surface area is 104 Å². The van der Waals surface area contributed by atoms with E-state index >= 15 is 0 Å². The lowest BCUT2D eigenvalue weighted by Gasteiger charge is -2.18. The highest BCUT2D eigenvalue weighted by atomic mass is 19.4. The molecule has 1 aromatic carbocycles. The van der Waals surface area contributed by atoms with E-state index in [-0.39, 0.29) is 0 Å². The zero-order valence-electron chi connectivity index (χ0n) is 9.43. The summed E-state index contributed by atoms with van der Waals surface area (Å²) in [5.41, 5.74) is -1.73. The molecule has 104 valence electrons. The Kier molecular flexibility index (Phi) is 3.98. The number of hydrogen-bond donors (Lipinski definition) is 0. The van der Waals surface area contributed by atoms with Crippen LogP contribution in [0.5, 0.6) is 5.75 Å². The van der Waals surface area contributed by atoms with E-state index in [1.54, 1.807) is 0 Å². The van der Waals surface area contributed by atoms with Crippen molar-refractivity contribution in [1.29, 1.82) is 5.26 Å². The Bertz CT molecular complexity index is 499. The van der Waals surface area contributed by atoms with Crippen LogP contribution in [0.1, 0.15) is 18.1 Å². The molecule has 8 heteroatoms. The van der Waals surface area contributed by atoms with E-state index in [1.165, 1.54) is 6.07 Å². The van der Waals surface area contributed by atoms with Crippen molar-refractivity contribution in [3.8, 4) is 11.8 Å². The molecule has 0 aliphatic carbocycles. The minimum absolute atomic E-state index is 0.443. The van der Waals surface area contributed by atoms with E-state index in [0.29, 0.717) is 25.1 Å². The van der Waals surface area contributed by atoms with Crippen LogP contribution in [0.3, 0.4) is 0 Å². The monoisotopic (exact) mass is 283 g/mol. The largest absolute Gasteiger partial charge is 0.480 e. The number of ether oxygens (including phenoxy) is 1. The summed E-state index contributed by atoms with van der Waals surface area (Å²) in [6, 6.07) is 3.07. The molecule has 0 heterocycles. The maximum atomic E-state index is 12.4. The van der Waals surface area contributed by atoms with Gasteiger partial charge in [-0.05, 0) is 25.1 Å². The smallest absolute Gasteiger partial charge is 0.425 e. The standard InChI is InChI=1S/C11H7F6NO/c1-6(10(12,13)14)19-9-3-2-8(11(15,16)17)4-7(9)5-18/h2-4,6H,1H3. The maximum Gasteiger partial charge on any atom is 0.425 e. The average Bonchev–Trinajstić information content (AvgIpc) is 2.26. The molecule has 1 rings (SSSR count). The predicted molar refractivity (Wildman–Crippen MR) is 52.3 cm³/mol. The highest BCUT2D eigenvalue weighted by Gasteiger charge is 2.38. The van der Waals surface area contributed by atoms with Crippen LogP contribution in [0, 0.1) is 11.3 Å². The molecule has 0 aliphatic heterocycles. The average molecular weight is 283 g/mol. The molecule has 2 nitrogen and oxygen atoms in total. The van der Waals surface area contributed by atoms with Crippen molar-refractivity contribution < 1.29 is 31.1 Å². The van der Waals surface area contributed by atoms with Gasteiger partial charge in [0.05, 0.1) is 11.1 Å². The Balaban J connectivity index is 3.08. The fourth-order valence-electron chi connectivity index (χ4n) is 1.15. The van der Waals surface area contributed by atoms with Gasteiger partial charge >= 0.3 is 12.4 Å². The first-order chi connectivity index (χ1) is 8.55. The summed E-state index contributed by atoms with van der Waals surface area (Å²) < 4.78 is 78.3. The summed E-state index contributed by atoms with van der Waals surface area (Å²) in [6.45, 7) is 0.693. The molecule has 1 aromatic rings. The van der Waals surface area contributed by atoms with Crippen LogP contribution >= 0.6 is 0 Å². The van der Waals surface area contributed by atoms with Gasteiger partial charge in [0.2, 0.25) is 0 Å². The van der Waals surface area contributed by atoms with Crippen LogP contribution in [0.4, 0.5) is 26.3 Å². The summed E-state index contributed by atoms with van der Waals surface area (Å²) in [5.74, 6) is -0.541. The van der Waals surface area contributed by atoms with Crippen molar-refractivity contribution in [2.24, 2.45) is 0 Å². The lowest BCUT2D eigenvalue weighted by molar-refractivity contribution is -0.189. The summed E-state index contributed by atoms with van der Waals surface area (Å²) in [4.78, 5) is 0. The highest BCUT2D eigenvalue weighted by molar-refractivity contribution is 5.46. The van der Waals surface area contributed by atoms with Crippen LogP contribution < -0.4 is 4.74 Å². The fraction of sp³-hybridized carbons (Fsp3) is 0.364. The minimum Gasteiger partial charge on any atom is -0.480 e. The van der Waals surface area contributed by atoms with Crippen molar-refractivity contribution in [2.75, 3.05) is 0 Å². The molecule has 0 N–H and O–H groups in total. The number of rotatable bonds is 2. The zero-order chi connectivity index (χ0) is 14.8. The van der Waals surface area contributed by atoms with Crippen LogP contribution in [-0.4, -0.2) is 12.3 Å². The molecule has 1 atom stereocenters. The van der Waals surface area contributed by atoms with Crippen LogP contribution in [0.25, 0.3) is 0 Å². The van der Waals surface area contributed by atoms with Gasteiger partial charge in [-0.3, -0.25) is 0 Å². The van der Waals surface area contributed by atoms with Crippen molar-refractivity contribution in [3.63, 3.8) is 0 Å². The summed E-state index contributed by atoms with van der Waals surface area (Å²) in [6.07, 6.45) is -11.6. The third-order valence-corrected chi connectivity index (χ3v) is 2.19. The van der Waals surface area contributed by atoms with E-state index in [0.717, 1.165) is 0 Å². The molecule has 0 saturated heterocycles. The van der Waals surface area contributed by atoms with E-state index in [2.05, 4.69) is 4.74 Å². The molecule has 0 fully saturated rings. The lowest BCUT2D eigenvalue weighted by Crippen LogP contribution is -2.31. The summed E-state index contributed by atoms with van der Waals surface area (Å²) in [5, 5.41) is 8.65. The number of nitrogens with zero attached hydrogens (tertiary/aromatic N) is 1. The molecule has 0 bridgehead atoms. The number of nitriles is 1. The second-order valence-corrected chi connectivity index (χ2v) is 3.62. The van der Waals surface area contributed by atoms with Crippen LogP contribution in [0.2, 0.25) is 0 Å². The normalized spacial score (nSPS) is 13.8. The van der Waals surface area contributed by atoms with Crippen molar-refractivity contribution >= 4 is 0 Å². The van der Waals surface area contributed by atoms with Gasteiger partial charge in [-0.25, -0.2) is 0 Å². The first kappa shape index (κ1) is 15.1. The first-order valence-corrected chi connectivity index (χ1v) is 4.90. The second-order valence-electron chi connectivity index (χ2n) is 3.62. The molecule has 0 spiro atoms. The number of benzene rings is 1. The number of halogens is 6. The molecule has 1 unspecified atom stereocenters. The van der Waals surface area contributed by atoms with E-state index in [1.807, 2.05) is 0 Å². The molecular formula is C11H7F6NO. The van der Waals surface area contributed by atoms with Crippen molar-refractivity contribution in [3.05, 3.63) is 29.3 Å². The van der Waals surface area contributed by atoms with Crippen molar-refractivity contribution in [1.82, 2.24) is 0 Å². The van der Waals surface area contributed by atoms with Gasteiger partial charge < -0.3 is 4.74 Å². The predicted octanol–water partition coefficient (Wildman–Crippen LogP) is 3.91. The Hall–Kier alpha value is -1.91. The van der Waals surface area contributed by atoms with Gasteiger partial charge in [0.15, 0.2) is 6.10 Å². The second kappa shape index (κ2) is 4.99. The molecule has 0 radical (unpaired) electrons. The third-order valence-electron chi connectivity index (χ3n) is 2.19. The summed E-state index contributed by atoms with van der Waals surface area (Å²) in [7, 11) is 0. The molecular weight excluding hydrogens is 276 g/mol. The van der Waals surface area contributed by atoms with E-state index in [9.17, 15) is 26.3 Å². The van der Waals surface area contributed by atoms with Crippen LogP contribution in [-0.2, 0) is 6.18 Å². The van der Waals surface area contributed by atoms with E-state index in [4.69, 9.17) is 5.26 Å². The van der Waals surface area contributed by atoms with Crippen LogP contribution in [0.15, 0.2) is 18.2 Å². The fourth-order valence-corrected chi connectivity index (χ4v) is 1.15. The van der Waals surface area contributed by atoms with Crippen molar-refractivity contribution in [2.45, 2.75) is 25.4 Å². The Morgan fingerprint density at radius 3 is 2.16 bits per heavy atom. The highest BCUT2D eigenvalue weighted by Crippen LogP contribution is 2.33. The molecule has 0 aliphatic rings. The Morgan fingerprint density at radius 1 is 1.16 bits per heavy atom. The van der Waals surface area contributed by atoms with Gasteiger partial charge in [-0.15, -0.1) is 0 Å².